The van der Waals surface area contributed by atoms with Crippen molar-refractivity contribution >= 4 is 11.6 Å². The Balaban J connectivity index is 0.000000336. The number of rotatable bonds is 2. The minimum atomic E-state index is 0.752. The van der Waals surface area contributed by atoms with E-state index in [9.17, 15) is 0 Å². The van der Waals surface area contributed by atoms with Crippen LogP contribution in [0.4, 0.5) is 0 Å². The van der Waals surface area contributed by atoms with Crippen LogP contribution in [0.5, 0.6) is 0 Å². The van der Waals surface area contributed by atoms with Crippen LogP contribution in [0.1, 0.15) is 26.3 Å². The quantitative estimate of drug-likeness (QED) is 0.759. The Morgan fingerprint density at radius 1 is 1.13 bits per heavy atom. The lowest BCUT2D eigenvalue weighted by Gasteiger charge is -1.88. The van der Waals surface area contributed by atoms with Crippen LogP contribution in [0.2, 0.25) is 5.02 Å². The Labute approximate surface area is 97.8 Å². The molecule has 1 rings (SSSR count). The van der Waals surface area contributed by atoms with Gasteiger partial charge in [0.05, 0.1) is 0 Å². The fourth-order valence-corrected chi connectivity index (χ4v) is 1.05. The molecule has 0 radical (unpaired) electrons. The largest absolute Gasteiger partial charge is 0.317 e. The van der Waals surface area contributed by atoms with Crippen molar-refractivity contribution in [1.29, 1.82) is 0 Å². The Morgan fingerprint density at radius 3 is 2.00 bits per heavy atom. The molecule has 1 aromatic rings. The zero-order valence-corrected chi connectivity index (χ0v) is 10.4. The zero-order chi connectivity index (χ0) is 11.5. The summed E-state index contributed by atoms with van der Waals surface area (Å²) < 4.78 is 0. The molecule has 0 heterocycles. The van der Waals surface area contributed by atoms with E-state index in [-0.39, 0.29) is 0 Å². The zero-order valence-electron chi connectivity index (χ0n) is 9.60. The fourth-order valence-electron chi connectivity index (χ4n) is 0.928. The van der Waals surface area contributed by atoms with E-state index in [0.29, 0.717) is 0 Å². The first kappa shape index (κ1) is 14.0. The van der Waals surface area contributed by atoms with Gasteiger partial charge in [0.1, 0.15) is 0 Å². The highest BCUT2D eigenvalue weighted by atomic mass is 35.5. The van der Waals surface area contributed by atoms with Gasteiger partial charge in [-0.3, -0.25) is 0 Å². The maximum Gasteiger partial charge on any atom is 0.0406 e. The number of nitrogens with one attached hydrogen (secondary N) is 1. The Bertz CT molecular complexity index is 304. The molecule has 2 heteroatoms. The molecule has 1 aromatic carbocycles. The highest BCUT2D eigenvalue weighted by molar-refractivity contribution is 6.30. The van der Waals surface area contributed by atoms with Crippen LogP contribution < -0.4 is 5.32 Å². The summed E-state index contributed by atoms with van der Waals surface area (Å²) >= 11 is 5.66. The van der Waals surface area contributed by atoms with Gasteiger partial charge in [-0.25, -0.2) is 0 Å². The molecule has 1 nitrogen and oxygen atoms in total. The molecule has 0 unspecified atom stereocenters. The highest BCUT2D eigenvalue weighted by Gasteiger charge is 1.85. The van der Waals surface area contributed by atoms with Crippen LogP contribution in [0, 0.1) is 11.8 Å². The van der Waals surface area contributed by atoms with E-state index in [1.54, 1.807) is 0 Å². The Kier molecular flexibility index (Phi) is 8.96. The summed E-state index contributed by atoms with van der Waals surface area (Å²) in [5.41, 5.74) is 1.01. The van der Waals surface area contributed by atoms with E-state index in [2.05, 4.69) is 31.0 Å². The first-order chi connectivity index (χ1) is 7.24. The molecule has 0 bridgehead atoms. The third-order valence-corrected chi connectivity index (χ3v) is 1.87. The van der Waals surface area contributed by atoms with Crippen molar-refractivity contribution in [3.05, 3.63) is 34.9 Å². The topological polar surface area (TPSA) is 12.0 Å². The third kappa shape index (κ3) is 8.05. The van der Waals surface area contributed by atoms with Crippen molar-refractivity contribution in [3.63, 3.8) is 0 Å². The summed E-state index contributed by atoms with van der Waals surface area (Å²) in [6, 6.07) is 7.47. The highest BCUT2D eigenvalue weighted by Crippen LogP contribution is 2.07. The lowest BCUT2D eigenvalue weighted by Crippen LogP contribution is -2.09. The van der Waals surface area contributed by atoms with Crippen LogP contribution in [0.25, 0.3) is 0 Å². The van der Waals surface area contributed by atoms with Gasteiger partial charge in [-0.2, -0.15) is 0 Å². The van der Waals surface area contributed by atoms with E-state index in [1.165, 1.54) is 0 Å². The maximum absolute atomic E-state index is 5.66. The fraction of sp³-hybridized carbons (Fsp3) is 0.385. The number of benzene rings is 1. The van der Waals surface area contributed by atoms with Gasteiger partial charge in [-0.1, -0.05) is 31.4 Å². The SMILES string of the molecule is CC#Cc1ccc(Cl)cc1.CCNCC. The summed E-state index contributed by atoms with van der Waals surface area (Å²) in [6.07, 6.45) is 0. The van der Waals surface area contributed by atoms with E-state index >= 15 is 0 Å². The molecule has 0 amide bonds. The molecule has 82 valence electrons. The Morgan fingerprint density at radius 2 is 1.67 bits per heavy atom. The molecule has 0 fully saturated rings. The van der Waals surface area contributed by atoms with E-state index in [4.69, 9.17) is 11.6 Å². The average molecular weight is 224 g/mol. The second kappa shape index (κ2) is 9.58. The molecule has 0 aliphatic rings. The van der Waals surface area contributed by atoms with Gasteiger partial charge in [0.2, 0.25) is 0 Å². The molecule has 0 spiro atoms. The summed E-state index contributed by atoms with van der Waals surface area (Å²) in [5, 5.41) is 3.86. The van der Waals surface area contributed by atoms with E-state index < -0.39 is 0 Å². The van der Waals surface area contributed by atoms with E-state index in [1.807, 2.05) is 31.2 Å². The van der Waals surface area contributed by atoms with Crippen molar-refractivity contribution < 1.29 is 0 Å². The predicted octanol–water partition coefficient (Wildman–Crippen LogP) is 3.33. The lowest BCUT2D eigenvalue weighted by atomic mass is 10.2. The van der Waals surface area contributed by atoms with Crippen LogP contribution in [-0.2, 0) is 0 Å². The molecule has 15 heavy (non-hydrogen) atoms. The molecular weight excluding hydrogens is 206 g/mol. The molecule has 0 aliphatic heterocycles. The van der Waals surface area contributed by atoms with Crippen LogP contribution in [-0.4, -0.2) is 13.1 Å². The second-order valence-corrected chi connectivity index (χ2v) is 3.28. The molecule has 0 aromatic heterocycles. The molecule has 0 atom stereocenters. The third-order valence-electron chi connectivity index (χ3n) is 1.61. The molecular formula is C13H18ClN. The normalized spacial score (nSPS) is 8.27. The lowest BCUT2D eigenvalue weighted by molar-refractivity contribution is 0.762. The summed E-state index contributed by atoms with van der Waals surface area (Å²) in [7, 11) is 0. The van der Waals surface area contributed by atoms with Crippen molar-refractivity contribution in [2.75, 3.05) is 13.1 Å². The maximum atomic E-state index is 5.66. The van der Waals surface area contributed by atoms with Crippen molar-refractivity contribution in [2.45, 2.75) is 20.8 Å². The monoisotopic (exact) mass is 223 g/mol. The summed E-state index contributed by atoms with van der Waals surface area (Å²) in [6.45, 7) is 8.20. The number of hydrogen-bond acceptors (Lipinski definition) is 1. The van der Waals surface area contributed by atoms with E-state index in [0.717, 1.165) is 23.7 Å². The van der Waals surface area contributed by atoms with Gasteiger partial charge in [0, 0.05) is 10.6 Å². The average Bonchev–Trinajstić information content (AvgIpc) is 2.24. The smallest absolute Gasteiger partial charge is 0.0406 e. The van der Waals surface area contributed by atoms with Crippen LogP contribution in [0.15, 0.2) is 24.3 Å². The summed E-state index contributed by atoms with van der Waals surface area (Å²) in [4.78, 5) is 0. The Hall–Kier alpha value is -0.970. The van der Waals surface area contributed by atoms with Crippen molar-refractivity contribution in [1.82, 2.24) is 5.32 Å². The molecule has 0 saturated carbocycles. The van der Waals surface area contributed by atoms with Crippen LogP contribution >= 0.6 is 11.6 Å². The number of halogens is 1. The van der Waals surface area contributed by atoms with Gasteiger partial charge in [-0.05, 0) is 44.3 Å². The van der Waals surface area contributed by atoms with Gasteiger partial charge >= 0.3 is 0 Å². The first-order valence-corrected chi connectivity index (χ1v) is 5.51. The van der Waals surface area contributed by atoms with Gasteiger partial charge in [-0.15, -0.1) is 5.92 Å². The van der Waals surface area contributed by atoms with Gasteiger partial charge in [0.15, 0.2) is 0 Å². The first-order valence-electron chi connectivity index (χ1n) is 5.13. The molecule has 1 N–H and O–H groups in total. The van der Waals surface area contributed by atoms with Crippen LogP contribution in [0.3, 0.4) is 0 Å². The van der Waals surface area contributed by atoms with Crippen molar-refractivity contribution in [3.8, 4) is 11.8 Å². The van der Waals surface area contributed by atoms with Gasteiger partial charge < -0.3 is 5.32 Å². The standard InChI is InChI=1S/C9H7Cl.C4H11N/c1-2-3-8-4-6-9(10)7-5-8;1-3-5-4-2/h4-7H,1H3;5H,3-4H2,1-2H3. The molecule has 0 aliphatic carbocycles. The minimum Gasteiger partial charge on any atom is -0.317 e. The number of hydrogen-bond donors (Lipinski definition) is 1. The summed E-state index contributed by atoms with van der Waals surface area (Å²) in [5.74, 6) is 5.74. The molecule has 0 saturated heterocycles. The van der Waals surface area contributed by atoms with Crippen molar-refractivity contribution in [2.24, 2.45) is 0 Å². The second-order valence-electron chi connectivity index (χ2n) is 2.84. The van der Waals surface area contributed by atoms with Gasteiger partial charge in [0.25, 0.3) is 0 Å². The predicted molar refractivity (Wildman–Crippen MR) is 68.2 cm³/mol. The minimum absolute atomic E-state index is 0.752.